The van der Waals surface area contributed by atoms with Gasteiger partial charge in [0.25, 0.3) is 5.91 Å². The van der Waals surface area contributed by atoms with Crippen molar-refractivity contribution in [3.05, 3.63) is 71.8 Å². The standard InChI is InChI=1S/C18H17NO4/c1-23-17(22)18(13-20,12-14-8-4-2-5-9-14)19-16(21)15-10-6-3-7-11-15/h2-11,13H,12H2,1H3,(H,19,21)/t18-/m0/s1. The highest BCUT2D eigenvalue weighted by atomic mass is 16.5. The number of hydrogen-bond acceptors (Lipinski definition) is 4. The van der Waals surface area contributed by atoms with Crippen molar-refractivity contribution in [2.75, 3.05) is 7.11 Å². The number of amides is 1. The molecule has 1 amide bonds. The van der Waals surface area contributed by atoms with Gasteiger partial charge in [-0.25, -0.2) is 4.79 Å². The molecule has 0 spiro atoms. The van der Waals surface area contributed by atoms with Crippen molar-refractivity contribution < 1.29 is 19.1 Å². The first-order valence-corrected chi connectivity index (χ1v) is 7.07. The highest BCUT2D eigenvalue weighted by Gasteiger charge is 2.41. The summed E-state index contributed by atoms with van der Waals surface area (Å²) in [6, 6.07) is 17.3. The topological polar surface area (TPSA) is 72.5 Å². The predicted molar refractivity (Wildman–Crippen MR) is 84.9 cm³/mol. The number of nitrogens with one attached hydrogen (secondary N) is 1. The maximum Gasteiger partial charge on any atom is 0.339 e. The van der Waals surface area contributed by atoms with Crippen LogP contribution in [0.1, 0.15) is 15.9 Å². The summed E-state index contributed by atoms with van der Waals surface area (Å²) < 4.78 is 4.73. The molecule has 0 heterocycles. The molecule has 5 heteroatoms. The fraction of sp³-hybridized carbons (Fsp3) is 0.167. The Morgan fingerprint density at radius 2 is 1.61 bits per heavy atom. The first-order chi connectivity index (χ1) is 11.1. The molecule has 118 valence electrons. The van der Waals surface area contributed by atoms with E-state index in [0.29, 0.717) is 11.8 Å². The van der Waals surface area contributed by atoms with Crippen molar-refractivity contribution in [1.29, 1.82) is 0 Å². The van der Waals surface area contributed by atoms with E-state index in [9.17, 15) is 14.4 Å². The highest BCUT2D eigenvalue weighted by molar-refractivity contribution is 6.06. The third-order valence-corrected chi connectivity index (χ3v) is 3.45. The van der Waals surface area contributed by atoms with Gasteiger partial charge in [0.05, 0.1) is 7.11 Å². The average molecular weight is 311 g/mol. The van der Waals surface area contributed by atoms with Gasteiger partial charge in [-0.1, -0.05) is 48.5 Å². The van der Waals surface area contributed by atoms with E-state index in [1.165, 1.54) is 7.11 Å². The number of carbonyl (C=O) groups excluding carboxylic acids is 3. The molecule has 0 aromatic heterocycles. The number of rotatable bonds is 6. The molecule has 0 saturated heterocycles. The number of aldehydes is 1. The van der Waals surface area contributed by atoms with Crippen molar-refractivity contribution in [2.24, 2.45) is 0 Å². The summed E-state index contributed by atoms with van der Waals surface area (Å²) in [6.45, 7) is 0. The van der Waals surface area contributed by atoms with Gasteiger partial charge in [0.1, 0.15) is 0 Å². The van der Waals surface area contributed by atoms with E-state index in [1.54, 1.807) is 54.6 Å². The van der Waals surface area contributed by atoms with Crippen LogP contribution in [0.5, 0.6) is 0 Å². The van der Waals surface area contributed by atoms with Gasteiger partial charge in [-0.3, -0.25) is 4.79 Å². The van der Waals surface area contributed by atoms with Crippen LogP contribution in [0.25, 0.3) is 0 Å². The van der Waals surface area contributed by atoms with Crippen LogP contribution in [0, 0.1) is 0 Å². The Hall–Kier alpha value is -2.95. The Morgan fingerprint density at radius 1 is 1.04 bits per heavy atom. The monoisotopic (exact) mass is 311 g/mol. The Balaban J connectivity index is 2.31. The van der Waals surface area contributed by atoms with Crippen LogP contribution in [0.15, 0.2) is 60.7 Å². The van der Waals surface area contributed by atoms with Gasteiger partial charge in [0.2, 0.25) is 0 Å². The molecule has 23 heavy (non-hydrogen) atoms. The fourth-order valence-electron chi connectivity index (χ4n) is 2.25. The molecule has 0 saturated carbocycles. The van der Waals surface area contributed by atoms with Gasteiger partial charge in [-0.2, -0.15) is 0 Å². The minimum atomic E-state index is -1.76. The minimum absolute atomic E-state index is 0.0165. The Morgan fingerprint density at radius 3 is 2.13 bits per heavy atom. The lowest BCUT2D eigenvalue weighted by Crippen LogP contribution is -2.58. The molecular weight excluding hydrogens is 294 g/mol. The van der Waals surface area contributed by atoms with Crippen LogP contribution in [-0.2, 0) is 20.7 Å². The van der Waals surface area contributed by atoms with Gasteiger partial charge in [0.15, 0.2) is 11.8 Å². The SMILES string of the molecule is COC(=O)[C@@](C=O)(Cc1ccccc1)NC(=O)c1ccccc1. The molecule has 0 fully saturated rings. The van der Waals surface area contributed by atoms with Crippen LogP contribution in [0.4, 0.5) is 0 Å². The molecule has 0 unspecified atom stereocenters. The van der Waals surface area contributed by atoms with Crippen LogP contribution < -0.4 is 5.32 Å². The number of ether oxygens (including phenoxy) is 1. The molecule has 0 radical (unpaired) electrons. The van der Waals surface area contributed by atoms with E-state index < -0.39 is 17.4 Å². The lowest BCUT2D eigenvalue weighted by Gasteiger charge is -2.26. The van der Waals surface area contributed by atoms with Crippen molar-refractivity contribution in [2.45, 2.75) is 12.0 Å². The number of benzene rings is 2. The Bertz CT molecular complexity index is 685. The maximum absolute atomic E-state index is 12.4. The molecule has 0 aliphatic rings. The molecule has 2 rings (SSSR count). The molecular formula is C18H17NO4. The summed E-state index contributed by atoms with van der Waals surface area (Å²) in [4.78, 5) is 36.2. The fourth-order valence-corrected chi connectivity index (χ4v) is 2.25. The van der Waals surface area contributed by atoms with Crippen LogP contribution in [0.2, 0.25) is 0 Å². The molecule has 5 nitrogen and oxygen atoms in total. The first kappa shape index (κ1) is 16.4. The zero-order valence-corrected chi connectivity index (χ0v) is 12.7. The smallest absolute Gasteiger partial charge is 0.339 e. The molecule has 1 atom stereocenters. The molecule has 1 N–H and O–H groups in total. The van der Waals surface area contributed by atoms with E-state index in [1.807, 2.05) is 6.07 Å². The summed E-state index contributed by atoms with van der Waals surface area (Å²) in [6.07, 6.45) is 0.440. The molecule has 2 aromatic rings. The second kappa shape index (κ2) is 7.35. The van der Waals surface area contributed by atoms with Crippen molar-refractivity contribution in [3.8, 4) is 0 Å². The summed E-state index contributed by atoms with van der Waals surface area (Å²) in [5.74, 6) is -1.32. The molecule has 0 bridgehead atoms. The third kappa shape index (κ3) is 3.83. The number of methoxy groups -OCH3 is 1. The summed E-state index contributed by atoms with van der Waals surface area (Å²) in [7, 11) is 1.18. The quantitative estimate of drug-likeness (QED) is 0.501. The molecule has 2 aromatic carbocycles. The second-order valence-corrected chi connectivity index (χ2v) is 5.06. The number of esters is 1. The van der Waals surface area contributed by atoms with E-state index in [4.69, 9.17) is 4.74 Å². The highest BCUT2D eigenvalue weighted by Crippen LogP contribution is 2.15. The Kier molecular flexibility index (Phi) is 5.25. The average Bonchev–Trinajstić information content (AvgIpc) is 2.61. The van der Waals surface area contributed by atoms with E-state index in [-0.39, 0.29) is 6.42 Å². The molecule has 0 aliphatic carbocycles. The largest absolute Gasteiger partial charge is 0.467 e. The zero-order valence-electron chi connectivity index (χ0n) is 12.7. The number of carbonyl (C=O) groups is 3. The van der Waals surface area contributed by atoms with Gasteiger partial charge in [-0.15, -0.1) is 0 Å². The summed E-state index contributed by atoms with van der Waals surface area (Å²) in [5, 5.41) is 2.51. The molecule has 0 aliphatic heterocycles. The third-order valence-electron chi connectivity index (χ3n) is 3.45. The summed E-state index contributed by atoms with van der Waals surface area (Å²) in [5.41, 5.74) is -0.669. The lowest BCUT2D eigenvalue weighted by molar-refractivity contribution is -0.149. The van der Waals surface area contributed by atoms with Crippen molar-refractivity contribution in [1.82, 2.24) is 5.32 Å². The number of hydrogen-bond donors (Lipinski definition) is 1. The van der Waals surface area contributed by atoms with E-state index in [0.717, 1.165) is 5.56 Å². The normalized spacial score (nSPS) is 12.7. The van der Waals surface area contributed by atoms with Gasteiger partial charge in [0, 0.05) is 12.0 Å². The minimum Gasteiger partial charge on any atom is -0.467 e. The van der Waals surface area contributed by atoms with E-state index in [2.05, 4.69) is 5.32 Å². The summed E-state index contributed by atoms with van der Waals surface area (Å²) >= 11 is 0. The second-order valence-electron chi connectivity index (χ2n) is 5.06. The first-order valence-electron chi connectivity index (χ1n) is 7.07. The maximum atomic E-state index is 12.4. The van der Waals surface area contributed by atoms with Crippen molar-refractivity contribution >= 4 is 18.2 Å². The zero-order chi connectivity index (χ0) is 16.7. The predicted octanol–water partition coefficient (Wildman–Crippen LogP) is 1.77. The van der Waals surface area contributed by atoms with Crippen LogP contribution in [0.3, 0.4) is 0 Å². The van der Waals surface area contributed by atoms with Crippen LogP contribution in [-0.4, -0.2) is 30.8 Å². The van der Waals surface area contributed by atoms with Gasteiger partial charge < -0.3 is 14.8 Å². The lowest BCUT2D eigenvalue weighted by atomic mass is 9.91. The van der Waals surface area contributed by atoms with E-state index >= 15 is 0 Å². The van der Waals surface area contributed by atoms with Gasteiger partial charge in [-0.05, 0) is 17.7 Å². The van der Waals surface area contributed by atoms with Gasteiger partial charge >= 0.3 is 5.97 Å². The van der Waals surface area contributed by atoms with Crippen LogP contribution >= 0.6 is 0 Å². The Labute approximate surface area is 134 Å². The van der Waals surface area contributed by atoms with Crippen molar-refractivity contribution in [3.63, 3.8) is 0 Å².